The minimum atomic E-state index is -3.51. The van der Waals surface area contributed by atoms with Crippen molar-refractivity contribution in [3.05, 3.63) is 41.0 Å². The van der Waals surface area contributed by atoms with Crippen molar-refractivity contribution in [3.8, 4) is 5.75 Å². The van der Waals surface area contributed by atoms with Crippen LogP contribution >= 0.6 is 22.9 Å². The summed E-state index contributed by atoms with van der Waals surface area (Å²) in [6.07, 6.45) is 1.87. The Morgan fingerprint density at radius 1 is 1.33 bits per heavy atom. The van der Waals surface area contributed by atoms with Crippen LogP contribution in [-0.2, 0) is 10.0 Å². The predicted molar refractivity (Wildman–Crippen MR) is 83.5 cm³/mol. The molecule has 0 aliphatic carbocycles. The number of thiazole rings is 1. The van der Waals surface area contributed by atoms with E-state index < -0.39 is 10.0 Å². The first-order chi connectivity index (χ1) is 10.00. The zero-order chi connectivity index (χ0) is 15.3. The smallest absolute Gasteiger partial charge is 0.253 e. The zero-order valence-corrected chi connectivity index (χ0v) is 13.8. The van der Waals surface area contributed by atoms with Crippen LogP contribution in [0.5, 0.6) is 5.75 Å². The third kappa shape index (κ3) is 4.41. The quantitative estimate of drug-likeness (QED) is 0.723. The Balaban J connectivity index is 1.83. The van der Waals surface area contributed by atoms with Crippen molar-refractivity contribution in [2.24, 2.45) is 0 Å². The number of nitrogens with zero attached hydrogens (tertiary/aromatic N) is 2. The van der Waals surface area contributed by atoms with Crippen LogP contribution < -0.4 is 4.74 Å². The second-order valence-electron chi connectivity index (χ2n) is 4.27. The minimum Gasteiger partial charge on any atom is -0.494 e. The van der Waals surface area contributed by atoms with Crippen LogP contribution in [0.2, 0.25) is 4.47 Å². The monoisotopic (exact) mass is 346 g/mol. The Bertz CT molecular complexity index is 674. The number of aromatic nitrogens is 1. The van der Waals surface area contributed by atoms with Gasteiger partial charge in [-0.15, -0.1) is 0 Å². The molecular formula is C13H15ClN2O3S2. The molecule has 0 bridgehead atoms. The number of hydrogen-bond donors (Lipinski definition) is 0. The lowest BCUT2D eigenvalue weighted by molar-refractivity contribution is 0.296. The molecule has 8 heteroatoms. The second-order valence-corrected chi connectivity index (χ2v) is 8.16. The van der Waals surface area contributed by atoms with Gasteiger partial charge >= 0.3 is 0 Å². The van der Waals surface area contributed by atoms with Gasteiger partial charge in [0.25, 0.3) is 10.0 Å². The van der Waals surface area contributed by atoms with Crippen molar-refractivity contribution in [2.75, 3.05) is 20.2 Å². The minimum absolute atomic E-state index is 0.152. The van der Waals surface area contributed by atoms with Gasteiger partial charge in [-0.05, 0) is 18.6 Å². The van der Waals surface area contributed by atoms with E-state index in [1.54, 1.807) is 0 Å². The first-order valence-corrected chi connectivity index (χ1v) is 8.89. The lowest BCUT2D eigenvalue weighted by Gasteiger charge is -2.15. The largest absolute Gasteiger partial charge is 0.494 e. The molecule has 0 fully saturated rings. The van der Waals surface area contributed by atoms with Gasteiger partial charge in [-0.25, -0.2) is 17.7 Å². The predicted octanol–water partition coefficient (Wildman–Crippen LogP) is 2.89. The van der Waals surface area contributed by atoms with E-state index in [9.17, 15) is 8.42 Å². The van der Waals surface area contributed by atoms with Crippen molar-refractivity contribution < 1.29 is 13.2 Å². The molecule has 2 rings (SSSR count). The first-order valence-electron chi connectivity index (χ1n) is 6.25. The van der Waals surface area contributed by atoms with Gasteiger partial charge in [-0.3, -0.25) is 0 Å². The van der Waals surface area contributed by atoms with Crippen molar-refractivity contribution in [2.45, 2.75) is 10.6 Å². The number of sulfonamides is 1. The van der Waals surface area contributed by atoms with Crippen molar-refractivity contribution in [3.63, 3.8) is 0 Å². The average Bonchev–Trinajstić information content (AvgIpc) is 2.92. The molecule has 0 atom stereocenters. The fourth-order valence-electron chi connectivity index (χ4n) is 1.63. The van der Waals surface area contributed by atoms with E-state index in [-0.39, 0.29) is 8.68 Å². The van der Waals surface area contributed by atoms with Crippen LogP contribution in [0.1, 0.15) is 6.42 Å². The second kappa shape index (κ2) is 7.22. The summed E-state index contributed by atoms with van der Waals surface area (Å²) in [6, 6.07) is 9.41. The molecule has 1 heterocycles. The normalized spacial score (nSPS) is 11.8. The molecule has 21 heavy (non-hydrogen) atoms. The lowest BCUT2D eigenvalue weighted by atomic mass is 10.3. The Hall–Kier alpha value is -1.15. The molecule has 0 N–H and O–H groups in total. The molecule has 1 aromatic heterocycles. The van der Waals surface area contributed by atoms with E-state index in [1.165, 1.54) is 17.5 Å². The highest BCUT2D eigenvalue weighted by molar-refractivity contribution is 7.91. The Morgan fingerprint density at radius 3 is 2.67 bits per heavy atom. The van der Waals surface area contributed by atoms with Crippen molar-refractivity contribution in [1.82, 2.24) is 9.29 Å². The highest BCUT2D eigenvalue weighted by Crippen LogP contribution is 2.24. The van der Waals surface area contributed by atoms with Crippen LogP contribution in [0, 0.1) is 0 Å². The van der Waals surface area contributed by atoms with Crippen LogP contribution in [0.25, 0.3) is 0 Å². The van der Waals surface area contributed by atoms with Crippen molar-refractivity contribution >= 4 is 33.0 Å². The summed E-state index contributed by atoms with van der Waals surface area (Å²) in [5.41, 5.74) is 0. The number of ether oxygens (including phenoxy) is 1. The molecule has 5 nitrogen and oxygen atoms in total. The Morgan fingerprint density at radius 2 is 2.05 bits per heavy atom. The van der Waals surface area contributed by atoms with Gasteiger partial charge in [0.15, 0.2) is 8.68 Å². The number of hydrogen-bond acceptors (Lipinski definition) is 5. The number of rotatable bonds is 7. The Kier molecular flexibility index (Phi) is 5.58. The van der Waals surface area contributed by atoms with Gasteiger partial charge in [0.2, 0.25) is 0 Å². The maximum Gasteiger partial charge on any atom is 0.253 e. The third-order valence-corrected chi connectivity index (χ3v) is 6.16. The molecule has 0 saturated carbocycles. The summed E-state index contributed by atoms with van der Waals surface area (Å²) >= 11 is 6.62. The Labute approximate surface area is 133 Å². The topological polar surface area (TPSA) is 59.5 Å². The molecule has 0 radical (unpaired) electrons. The summed E-state index contributed by atoms with van der Waals surface area (Å²) in [5, 5.41) is 0. The van der Waals surface area contributed by atoms with Gasteiger partial charge in [-0.1, -0.05) is 41.1 Å². The van der Waals surface area contributed by atoms with Crippen LogP contribution in [0.15, 0.2) is 40.7 Å². The third-order valence-electron chi connectivity index (χ3n) is 2.75. The van der Waals surface area contributed by atoms with E-state index in [0.717, 1.165) is 17.1 Å². The van der Waals surface area contributed by atoms with E-state index >= 15 is 0 Å². The zero-order valence-electron chi connectivity index (χ0n) is 11.4. The highest BCUT2D eigenvalue weighted by Gasteiger charge is 2.23. The summed E-state index contributed by atoms with van der Waals surface area (Å²) in [4.78, 5) is 3.75. The summed E-state index contributed by atoms with van der Waals surface area (Å²) in [7, 11) is -1.98. The molecular weight excluding hydrogens is 332 g/mol. The molecule has 0 spiro atoms. The van der Waals surface area contributed by atoms with Crippen LogP contribution in [0.4, 0.5) is 0 Å². The van der Waals surface area contributed by atoms with Gasteiger partial charge in [0, 0.05) is 13.6 Å². The molecule has 0 unspecified atom stereocenters. The maximum atomic E-state index is 12.2. The molecule has 0 aliphatic rings. The molecule has 0 saturated heterocycles. The van der Waals surface area contributed by atoms with Gasteiger partial charge in [0.1, 0.15) is 5.75 Å². The number of halogens is 1. The van der Waals surface area contributed by atoms with Gasteiger partial charge in [-0.2, -0.15) is 0 Å². The van der Waals surface area contributed by atoms with Crippen LogP contribution in [0.3, 0.4) is 0 Å². The summed E-state index contributed by atoms with van der Waals surface area (Å²) in [6.45, 7) is 0.817. The molecule has 114 valence electrons. The fourth-order valence-corrected chi connectivity index (χ4v) is 4.34. The van der Waals surface area contributed by atoms with Crippen LogP contribution in [-0.4, -0.2) is 37.9 Å². The SMILES string of the molecule is CN(CCCOc1ccccc1)S(=O)(=O)c1cnc(Cl)s1. The number of benzene rings is 1. The van der Waals surface area contributed by atoms with E-state index in [2.05, 4.69) is 4.98 Å². The molecule has 2 aromatic rings. The van der Waals surface area contributed by atoms with E-state index in [4.69, 9.17) is 16.3 Å². The van der Waals surface area contributed by atoms with E-state index in [1.807, 2.05) is 30.3 Å². The van der Waals surface area contributed by atoms with E-state index in [0.29, 0.717) is 19.6 Å². The fraction of sp³-hybridized carbons (Fsp3) is 0.308. The maximum absolute atomic E-state index is 12.2. The van der Waals surface area contributed by atoms with Gasteiger partial charge in [0.05, 0.1) is 12.8 Å². The molecule has 1 aromatic carbocycles. The lowest BCUT2D eigenvalue weighted by Crippen LogP contribution is -2.28. The van der Waals surface area contributed by atoms with Crippen molar-refractivity contribution in [1.29, 1.82) is 0 Å². The molecule has 0 aliphatic heterocycles. The number of para-hydroxylation sites is 1. The first kappa shape index (κ1) is 16.2. The summed E-state index contributed by atoms with van der Waals surface area (Å²) in [5.74, 6) is 0.775. The summed E-state index contributed by atoms with van der Waals surface area (Å²) < 4.78 is 31.6. The highest BCUT2D eigenvalue weighted by atomic mass is 35.5. The standard InChI is InChI=1S/C13H15ClN2O3S2/c1-16(21(17,18)12-10-15-13(14)20-12)8-5-9-19-11-6-3-2-4-7-11/h2-4,6-7,10H,5,8-9H2,1H3. The average molecular weight is 347 g/mol. The van der Waals surface area contributed by atoms with Gasteiger partial charge < -0.3 is 4.74 Å². The molecule has 0 amide bonds.